The van der Waals surface area contributed by atoms with Crippen LogP contribution in [0.2, 0.25) is 0 Å². The molecule has 1 heterocycles. The predicted molar refractivity (Wildman–Crippen MR) is 73.9 cm³/mol. The fourth-order valence-corrected chi connectivity index (χ4v) is 2.00. The molecular formula is C16H19NO. The van der Waals surface area contributed by atoms with Gasteiger partial charge in [0.15, 0.2) is 5.78 Å². The summed E-state index contributed by atoms with van der Waals surface area (Å²) >= 11 is 0. The Balaban J connectivity index is 2.17. The molecular weight excluding hydrogens is 222 g/mol. The van der Waals surface area contributed by atoms with Gasteiger partial charge in [-0.3, -0.25) is 4.79 Å². The Bertz CT molecular complexity index is 552. The molecule has 0 aliphatic heterocycles. The first-order valence-corrected chi connectivity index (χ1v) is 6.32. The SMILES string of the molecule is Cc1ccccc1Cn1ccc(C(=O)C(C)C)c1. The number of nitrogens with zero attached hydrogens (tertiary/aromatic N) is 1. The summed E-state index contributed by atoms with van der Waals surface area (Å²) in [5.74, 6) is 0.262. The molecule has 1 aromatic carbocycles. The van der Waals surface area contributed by atoms with Gasteiger partial charge in [0.25, 0.3) is 0 Å². The molecule has 0 fully saturated rings. The van der Waals surface area contributed by atoms with Crippen LogP contribution in [0.4, 0.5) is 0 Å². The summed E-state index contributed by atoms with van der Waals surface area (Å²) in [5, 5.41) is 0. The van der Waals surface area contributed by atoms with E-state index in [4.69, 9.17) is 0 Å². The van der Waals surface area contributed by atoms with Gasteiger partial charge >= 0.3 is 0 Å². The Kier molecular flexibility index (Phi) is 3.66. The maximum Gasteiger partial charge on any atom is 0.166 e. The number of rotatable bonds is 4. The number of aryl methyl sites for hydroxylation is 1. The molecule has 2 aromatic rings. The van der Waals surface area contributed by atoms with Gasteiger partial charge in [0, 0.05) is 30.4 Å². The van der Waals surface area contributed by atoms with Crippen LogP contribution in [0, 0.1) is 12.8 Å². The van der Waals surface area contributed by atoms with Crippen LogP contribution in [-0.4, -0.2) is 10.4 Å². The second-order valence-electron chi connectivity index (χ2n) is 5.02. The highest BCUT2D eigenvalue weighted by atomic mass is 16.1. The maximum atomic E-state index is 11.9. The molecule has 94 valence electrons. The third-order valence-corrected chi connectivity index (χ3v) is 3.17. The number of Topliss-reactive ketones (excluding diaryl/α,β-unsaturated/α-hetero) is 1. The fourth-order valence-electron chi connectivity index (χ4n) is 2.00. The van der Waals surface area contributed by atoms with Crippen molar-refractivity contribution < 1.29 is 4.79 Å². The van der Waals surface area contributed by atoms with E-state index in [1.54, 1.807) is 0 Å². The summed E-state index contributed by atoms with van der Waals surface area (Å²) < 4.78 is 2.07. The van der Waals surface area contributed by atoms with E-state index in [2.05, 4.69) is 23.6 Å². The zero-order chi connectivity index (χ0) is 13.1. The molecule has 0 atom stereocenters. The van der Waals surface area contributed by atoms with Crippen molar-refractivity contribution in [1.82, 2.24) is 4.57 Å². The van der Waals surface area contributed by atoms with Crippen LogP contribution in [0.15, 0.2) is 42.7 Å². The van der Waals surface area contributed by atoms with E-state index in [1.165, 1.54) is 11.1 Å². The first kappa shape index (κ1) is 12.6. The molecule has 0 saturated heterocycles. The van der Waals surface area contributed by atoms with Crippen molar-refractivity contribution in [3.63, 3.8) is 0 Å². The number of benzene rings is 1. The minimum Gasteiger partial charge on any atom is -0.349 e. The lowest BCUT2D eigenvalue weighted by molar-refractivity contribution is 0.0939. The number of carbonyl (C=O) groups excluding carboxylic acids is 1. The lowest BCUT2D eigenvalue weighted by Gasteiger charge is -2.06. The average Bonchev–Trinajstić information content (AvgIpc) is 2.79. The van der Waals surface area contributed by atoms with E-state index in [0.29, 0.717) is 0 Å². The number of hydrogen-bond donors (Lipinski definition) is 0. The summed E-state index contributed by atoms with van der Waals surface area (Å²) in [7, 11) is 0. The van der Waals surface area contributed by atoms with Crippen molar-refractivity contribution in [2.45, 2.75) is 27.3 Å². The Hall–Kier alpha value is -1.83. The Labute approximate surface area is 108 Å². The van der Waals surface area contributed by atoms with Gasteiger partial charge in [-0.25, -0.2) is 0 Å². The maximum absolute atomic E-state index is 11.9. The Morgan fingerprint density at radius 2 is 1.94 bits per heavy atom. The zero-order valence-electron chi connectivity index (χ0n) is 11.2. The number of aromatic nitrogens is 1. The van der Waals surface area contributed by atoms with Gasteiger partial charge in [0.05, 0.1) is 0 Å². The molecule has 2 heteroatoms. The summed E-state index contributed by atoms with van der Waals surface area (Å²) in [6.45, 7) is 6.79. The second-order valence-corrected chi connectivity index (χ2v) is 5.02. The van der Waals surface area contributed by atoms with Crippen molar-refractivity contribution in [2.75, 3.05) is 0 Å². The normalized spacial score (nSPS) is 10.9. The van der Waals surface area contributed by atoms with Crippen LogP contribution in [0.5, 0.6) is 0 Å². The van der Waals surface area contributed by atoms with Crippen LogP contribution < -0.4 is 0 Å². The lowest BCUT2D eigenvalue weighted by Crippen LogP contribution is -2.06. The first-order valence-electron chi connectivity index (χ1n) is 6.32. The topological polar surface area (TPSA) is 22.0 Å². The second kappa shape index (κ2) is 5.21. The van der Waals surface area contributed by atoms with E-state index in [-0.39, 0.29) is 11.7 Å². The number of hydrogen-bond acceptors (Lipinski definition) is 1. The Morgan fingerprint density at radius 3 is 2.61 bits per heavy atom. The van der Waals surface area contributed by atoms with E-state index >= 15 is 0 Å². The highest BCUT2D eigenvalue weighted by Crippen LogP contribution is 2.13. The molecule has 0 radical (unpaired) electrons. The van der Waals surface area contributed by atoms with E-state index in [0.717, 1.165) is 12.1 Å². The summed E-state index contributed by atoms with van der Waals surface area (Å²) in [4.78, 5) is 11.9. The quantitative estimate of drug-likeness (QED) is 0.748. The van der Waals surface area contributed by atoms with E-state index in [1.807, 2.05) is 44.4 Å². The van der Waals surface area contributed by atoms with Gasteiger partial charge in [-0.1, -0.05) is 38.1 Å². The molecule has 0 amide bonds. The van der Waals surface area contributed by atoms with Crippen molar-refractivity contribution in [2.24, 2.45) is 5.92 Å². The predicted octanol–water partition coefficient (Wildman–Crippen LogP) is 3.68. The van der Waals surface area contributed by atoms with E-state index < -0.39 is 0 Å². The van der Waals surface area contributed by atoms with Gasteiger partial charge in [0.1, 0.15) is 0 Å². The number of carbonyl (C=O) groups is 1. The van der Waals surface area contributed by atoms with Gasteiger partial charge in [0.2, 0.25) is 0 Å². The Morgan fingerprint density at radius 1 is 1.22 bits per heavy atom. The molecule has 0 saturated carbocycles. The van der Waals surface area contributed by atoms with Crippen molar-refractivity contribution >= 4 is 5.78 Å². The van der Waals surface area contributed by atoms with Crippen molar-refractivity contribution in [3.05, 3.63) is 59.4 Å². The summed E-state index contributed by atoms with van der Waals surface area (Å²) in [6.07, 6.45) is 3.91. The van der Waals surface area contributed by atoms with Crippen molar-refractivity contribution in [1.29, 1.82) is 0 Å². The minimum absolute atomic E-state index is 0.0549. The summed E-state index contributed by atoms with van der Waals surface area (Å²) in [6, 6.07) is 10.2. The highest BCUT2D eigenvalue weighted by molar-refractivity contribution is 5.97. The third kappa shape index (κ3) is 2.70. The third-order valence-electron chi connectivity index (χ3n) is 3.17. The monoisotopic (exact) mass is 241 g/mol. The van der Waals surface area contributed by atoms with Crippen LogP contribution >= 0.6 is 0 Å². The van der Waals surface area contributed by atoms with Crippen LogP contribution in [0.1, 0.15) is 35.3 Å². The molecule has 0 unspecified atom stereocenters. The first-order chi connectivity index (χ1) is 8.58. The molecule has 0 spiro atoms. The molecule has 2 nitrogen and oxygen atoms in total. The largest absolute Gasteiger partial charge is 0.349 e. The van der Waals surface area contributed by atoms with E-state index in [9.17, 15) is 4.79 Å². The molecule has 0 bridgehead atoms. The molecule has 0 N–H and O–H groups in total. The molecule has 0 aliphatic carbocycles. The lowest BCUT2D eigenvalue weighted by atomic mass is 10.0. The molecule has 1 aromatic heterocycles. The molecule has 2 rings (SSSR count). The van der Waals surface area contributed by atoms with Crippen LogP contribution in [0.25, 0.3) is 0 Å². The molecule has 0 aliphatic rings. The molecule has 18 heavy (non-hydrogen) atoms. The van der Waals surface area contributed by atoms with Gasteiger partial charge in [-0.15, -0.1) is 0 Å². The zero-order valence-corrected chi connectivity index (χ0v) is 11.2. The average molecular weight is 241 g/mol. The summed E-state index contributed by atoms with van der Waals surface area (Å²) in [5.41, 5.74) is 3.37. The van der Waals surface area contributed by atoms with Gasteiger partial charge in [-0.2, -0.15) is 0 Å². The van der Waals surface area contributed by atoms with Gasteiger partial charge in [-0.05, 0) is 24.1 Å². The van der Waals surface area contributed by atoms with Crippen molar-refractivity contribution in [3.8, 4) is 0 Å². The van der Waals surface area contributed by atoms with Crippen LogP contribution in [-0.2, 0) is 6.54 Å². The van der Waals surface area contributed by atoms with Gasteiger partial charge < -0.3 is 4.57 Å². The minimum atomic E-state index is 0.0549. The fraction of sp³-hybridized carbons (Fsp3) is 0.312. The standard InChI is InChI=1S/C16H19NO/c1-12(2)16(18)15-8-9-17(11-15)10-14-7-5-4-6-13(14)3/h4-9,11-12H,10H2,1-3H3. The highest BCUT2D eigenvalue weighted by Gasteiger charge is 2.11. The van der Waals surface area contributed by atoms with Crippen LogP contribution in [0.3, 0.4) is 0 Å². The smallest absolute Gasteiger partial charge is 0.166 e. The number of ketones is 1.